The summed E-state index contributed by atoms with van der Waals surface area (Å²) in [7, 11) is 0. The molecule has 0 spiro atoms. The largest absolute Gasteiger partial charge is 0.478 e. The van der Waals surface area contributed by atoms with Crippen molar-refractivity contribution < 1.29 is 23.8 Å². The zero-order valence-corrected chi connectivity index (χ0v) is 13.9. The second-order valence-electron chi connectivity index (χ2n) is 6.22. The molecule has 26 heavy (non-hydrogen) atoms. The van der Waals surface area contributed by atoms with E-state index in [9.17, 15) is 14.0 Å². The number of anilines is 1. The molecule has 1 fully saturated rings. The molecule has 0 saturated heterocycles. The molecule has 0 atom stereocenters. The predicted molar refractivity (Wildman–Crippen MR) is 93.6 cm³/mol. The monoisotopic (exact) mass is 358 g/mol. The standard InChI is InChI=1S/C19H19FN2O4/c20-17-7-6-13(10-16(17)18(23)24)21-14-8-15(9-14)22-19(25)26-11-12-4-2-1-3-5-12/h1-7,10,14-15,21H,8-9,11H2,(H,22,25)(H,23,24). The molecule has 1 amide bonds. The molecular weight excluding hydrogens is 339 g/mol. The Morgan fingerprint density at radius 2 is 1.85 bits per heavy atom. The van der Waals surface area contributed by atoms with E-state index >= 15 is 0 Å². The Balaban J connectivity index is 1.41. The van der Waals surface area contributed by atoms with E-state index in [2.05, 4.69) is 10.6 Å². The van der Waals surface area contributed by atoms with Gasteiger partial charge in [0.25, 0.3) is 0 Å². The number of hydrogen-bond acceptors (Lipinski definition) is 4. The van der Waals surface area contributed by atoms with Crippen LogP contribution in [0.3, 0.4) is 0 Å². The van der Waals surface area contributed by atoms with Gasteiger partial charge in [0.05, 0.1) is 5.56 Å². The van der Waals surface area contributed by atoms with Gasteiger partial charge in [0.15, 0.2) is 0 Å². The van der Waals surface area contributed by atoms with Crippen molar-refractivity contribution in [2.24, 2.45) is 0 Å². The van der Waals surface area contributed by atoms with Crippen molar-refractivity contribution in [3.63, 3.8) is 0 Å². The number of carbonyl (C=O) groups excluding carboxylic acids is 1. The van der Waals surface area contributed by atoms with Crippen LogP contribution in [0.25, 0.3) is 0 Å². The van der Waals surface area contributed by atoms with Gasteiger partial charge in [0.1, 0.15) is 12.4 Å². The van der Waals surface area contributed by atoms with E-state index in [1.54, 1.807) is 0 Å². The predicted octanol–water partition coefficient (Wildman–Crippen LogP) is 3.39. The Kier molecular flexibility index (Phi) is 5.36. The van der Waals surface area contributed by atoms with Crippen LogP contribution in [0, 0.1) is 5.82 Å². The molecule has 3 N–H and O–H groups in total. The summed E-state index contributed by atoms with van der Waals surface area (Å²) in [5.74, 6) is -2.07. The lowest BCUT2D eigenvalue weighted by Crippen LogP contribution is -2.49. The van der Waals surface area contributed by atoms with Crippen LogP contribution in [0.5, 0.6) is 0 Å². The highest BCUT2D eigenvalue weighted by Gasteiger charge is 2.30. The molecule has 1 saturated carbocycles. The van der Waals surface area contributed by atoms with Gasteiger partial charge in [-0.15, -0.1) is 0 Å². The number of alkyl carbamates (subject to hydrolysis) is 1. The highest BCUT2D eigenvalue weighted by Crippen LogP contribution is 2.25. The lowest BCUT2D eigenvalue weighted by atomic mass is 9.86. The average molecular weight is 358 g/mol. The topological polar surface area (TPSA) is 87.7 Å². The smallest absolute Gasteiger partial charge is 0.407 e. The molecule has 7 heteroatoms. The van der Waals surface area contributed by atoms with Crippen molar-refractivity contribution in [2.45, 2.75) is 31.5 Å². The highest BCUT2D eigenvalue weighted by molar-refractivity contribution is 5.89. The van der Waals surface area contributed by atoms with Crippen LogP contribution in [0.2, 0.25) is 0 Å². The maximum atomic E-state index is 13.4. The Morgan fingerprint density at radius 1 is 1.12 bits per heavy atom. The van der Waals surface area contributed by atoms with Gasteiger partial charge in [0, 0.05) is 17.8 Å². The Hall–Kier alpha value is -3.09. The van der Waals surface area contributed by atoms with Crippen LogP contribution in [-0.2, 0) is 11.3 Å². The van der Waals surface area contributed by atoms with Gasteiger partial charge in [0.2, 0.25) is 0 Å². The van der Waals surface area contributed by atoms with E-state index in [0.717, 1.165) is 11.6 Å². The van der Waals surface area contributed by atoms with Crippen molar-refractivity contribution in [3.05, 3.63) is 65.5 Å². The number of rotatable bonds is 6. The van der Waals surface area contributed by atoms with Crippen molar-refractivity contribution >= 4 is 17.7 Å². The normalized spacial score (nSPS) is 18.5. The second-order valence-corrected chi connectivity index (χ2v) is 6.22. The molecule has 1 aliphatic carbocycles. The third-order valence-electron chi connectivity index (χ3n) is 4.24. The van der Waals surface area contributed by atoms with E-state index in [-0.39, 0.29) is 24.3 Å². The summed E-state index contributed by atoms with van der Waals surface area (Å²) in [5.41, 5.74) is 1.09. The Bertz CT molecular complexity index is 791. The van der Waals surface area contributed by atoms with Crippen LogP contribution in [-0.4, -0.2) is 29.3 Å². The number of hydrogen-bond donors (Lipinski definition) is 3. The minimum absolute atomic E-state index is 0.00448. The molecule has 2 aromatic rings. The minimum atomic E-state index is -1.31. The minimum Gasteiger partial charge on any atom is -0.478 e. The van der Waals surface area contributed by atoms with Crippen LogP contribution in [0.4, 0.5) is 14.9 Å². The number of ether oxygens (including phenoxy) is 1. The first-order chi connectivity index (χ1) is 12.5. The summed E-state index contributed by atoms with van der Waals surface area (Å²) < 4.78 is 18.6. The molecular formula is C19H19FN2O4. The summed E-state index contributed by atoms with van der Waals surface area (Å²) in [4.78, 5) is 22.7. The number of aromatic carboxylic acids is 1. The molecule has 0 heterocycles. The zero-order valence-electron chi connectivity index (χ0n) is 13.9. The number of amides is 1. The van der Waals surface area contributed by atoms with Crippen molar-refractivity contribution in [1.82, 2.24) is 5.32 Å². The highest BCUT2D eigenvalue weighted by atomic mass is 19.1. The van der Waals surface area contributed by atoms with Crippen molar-refractivity contribution in [2.75, 3.05) is 5.32 Å². The molecule has 136 valence electrons. The van der Waals surface area contributed by atoms with Crippen molar-refractivity contribution in [1.29, 1.82) is 0 Å². The molecule has 1 aliphatic rings. The van der Waals surface area contributed by atoms with Gasteiger partial charge in [-0.1, -0.05) is 30.3 Å². The van der Waals surface area contributed by atoms with E-state index in [1.807, 2.05) is 30.3 Å². The second kappa shape index (κ2) is 7.86. The fourth-order valence-corrected chi connectivity index (χ4v) is 2.80. The average Bonchev–Trinajstić information content (AvgIpc) is 2.60. The van der Waals surface area contributed by atoms with E-state index in [1.165, 1.54) is 12.1 Å². The van der Waals surface area contributed by atoms with Gasteiger partial charge < -0.3 is 20.5 Å². The maximum absolute atomic E-state index is 13.4. The summed E-state index contributed by atoms with van der Waals surface area (Å²) in [6, 6.07) is 13.4. The summed E-state index contributed by atoms with van der Waals surface area (Å²) >= 11 is 0. The molecule has 0 radical (unpaired) electrons. The first-order valence-electron chi connectivity index (χ1n) is 8.28. The SMILES string of the molecule is O=C(NC1CC(Nc2ccc(F)c(C(=O)O)c2)C1)OCc1ccccc1. The van der Waals surface area contributed by atoms with Crippen LogP contribution in [0.1, 0.15) is 28.8 Å². The number of nitrogens with one attached hydrogen (secondary N) is 2. The molecule has 6 nitrogen and oxygen atoms in total. The van der Waals surface area contributed by atoms with E-state index in [0.29, 0.717) is 18.5 Å². The maximum Gasteiger partial charge on any atom is 0.407 e. The van der Waals surface area contributed by atoms with Crippen LogP contribution >= 0.6 is 0 Å². The zero-order chi connectivity index (χ0) is 18.5. The molecule has 0 aromatic heterocycles. The van der Waals surface area contributed by atoms with Gasteiger partial charge in [-0.05, 0) is 36.6 Å². The third kappa shape index (κ3) is 4.50. The molecule has 0 aliphatic heterocycles. The number of carbonyl (C=O) groups is 2. The van der Waals surface area contributed by atoms with Crippen LogP contribution in [0.15, 0.2) is 48.5 Å². The summed E-state index contributed by atoms with van der Waals surface area (Å²) in [6.45, 7) is 0.217. The first kappa shape index (κ1) is 17.7. The number of carboxylic acids is 1. The molecule has 2 aromatic carbocycles. The number of carboxylic acid groups (broad SMARTS) is 1. The fourth-order valence-electron chi connectivity index (χ4n) is 2.80. The Morgan fingerprint density at radius 3 is 2.54 bits per heavy atom. The first-order valence-corrected chi connectivity index (χ1v) is 8.28. The summed E-state index contributed by atoms with van der Waals surface area (Å²) in [5, 5.41) is 14.9. The fraction of sp³-hybridized carbons (Fsp3) is 0.263. The van der Waals surface area contributed by atoms with Gasteiger partial charge >= 0.3 is 12.1 Å². The quantitative estimate of drug-likeness (QED) is 0.737. The third-order valence-corrected chi connectivity index (χ3v) is 4.24. The van der Waals surface area contributed by atoms with Crippen LogP contribution < -0.4 is 10.6 Å². The number of halogens is 1. The lowest BCUT2D eigenvalue weighted by molar-refractivity contribution is 0.0691. The van der Waals surface area contributed by atoms with E-state index < -0.39 is 17.9 Å². The molecule has 0 bridgehead atoms. The van der Waals surface area contributed by atoms with Gasteiger partial charge in [-0.3, -0.25) is 0 Å². The van der Waals surface area contributed by atoms with Gasteiger partial charge in [-0.2, -0.15) is 0 Å². The van der Waals surface area contributed by atoms with Crippen molar-refractivity contribution in [3.8, 4) is 0 Å². The molecule has 3 rings (SSSR count). The lowest BCUT2D eigenvalue weighted by Gasteiger charge is -2.36. The van der Waals surface area contributed by atoms with Gasteiger partial charge in [-0.25, -0.2) is 14.0 Å². The molecule has 0 unspecified atom stereocenters. The summed E-state index contributed by atoms with van der Waals surface area (Å²) in [6.07, 6.45) is 0.896. The Labute approximate surface area is 150 Å². The van der Waals surface area contributed by atoms with E-state index in [4.69, 9.17) is 9.84 Å². The number of benzene rings is 2.